The van der Waals surface area contributed by atoms with Crippen molar-refractivity contribution in [3.63, 3.8) is 0 Å². The third-order valence-electron chi connectivity index (χ3n) is 7.30. The third kappa shape index (κ3) is 10.4. The summed E-state index contributed by atoms with van der Waals surface area (Å²) in [5.74, 6) is -0.345. The molecule has 4 N–H and O–H groups in total. The van der Waals surface area contributed by atoms with Gasteiger partial charge in [-0.1, -0.05) is 60.7 Å². The Labute approximate surface area is 269 Å². The van der Waals surface area contributed by atoms with Gasteiger partial charge in [0.05, 0.1) is 18.6 Å². The van der Waals surface area contributed by atoms with Gasteiger partial charge in [-0.25, -0.2) is 13.2 Å². The Morgan fingerprint density at radius 1 is 0.826 bits per heavy atom. The number of sulfonamides is 1. The van der Waals surface area contributed by atoms with Crippen molar-refractivity contribution < 1.29 is 33.0 Å². The highest BCUT2D eigenvalue weighted by molar-refractivity contribution is 7.92. The number of carbonyl (C=O) groups is 2. The van der Waals surface area contributed by atoms with Crippen LogP contribution in [-0.4, -0.2) is 49.4 Å². The second kappa shape index (κ2) is 15.9. The van der Waals surface area contributed by atoms with Crippen LogP contribution in [-0.2, 0) is 39.1 Å². The highest BCUT2D eigenvalue weighted by Crippen LogP contribution is 2.31. The molecule has 0 unspecified atom stereocenters. The average molecular weight is 646 g/mol. The van der Waals surface area contributed by atoms with Crippen molar-refractivity contribution in [3.05, 3.63) is 119 Å². The number of hydrogen-bond acceptors (Lipinski definition) is 7. The molecule has 0 fully saturated rings. The molecule has 0 bridgehead atoms. The van der Waals surface area contributed by atoms with E-state index in [9.17, 15) is 18.0 Å². The van der Waals surface area contributed by atoms with Gasteiger partial charge in [-0.15, -0.1) is 0 Å². The van der Waals surface area contributed by atoms with Crippen LogP contribution >= 0.6 is 0 Å². The van der Waals surface area contributed by atoms with E-state index in [1.165, 1.54) is 0 Å². The van der Waals surface area contributed by atoms with Gasteiger partial charge in [-0.05, 0) is 78.4 Å². The number of aryl methyl sites for hydroxylation is 1. The summed E-state index contributed by atoms with van der Waals surface area (Å²) in [5, 5.41) is 20.3. The van der Waals surface area contributed by atoms with Crippen LogP contribution in [0, 0.1) is 6.92 Å². The van der Waals surface area contributed by atoms with Crippen molar-refractivity contribution >= 4 is 33.3 Å². The van der Waals surface area contributed by atoms with Crippen molar-refractivity contribution in [2.45, 2.75) is 45.3 Å². The van der Waals surface area contributed by atoms with E-state index in [2.05, 4.69) is 27.1 Å². The van der Waals surface area contributed by atoms with Crippen LogP contribution in [0.25, 0.3) is 0 Å². The number of carboxylic acid groups (broad SMARTS) is 1. The van der Waals surface area contributed by atoms with Crippen LogP contribution in [0.4, 0.5) is 11.4 Å². The van der Waals surface area contributed by atoms with E-state index in [0.717, 1.165) is 34.2 Å². The Kier molecular flexibility index (Phi) is 11.8. The lowest BCUT2D eigenvalue weighted by atomic mass is 10.1. The molecule has 0 radical (unpaired) electrons. The van der Waals surface area contributed by atoms with E-state index in [0.29, 0.717) is 43.1 Å². The lowest BCUT2D eigenvalue weighted by Gasteiger charge is -2.28. The molecule has 46 heavy (non-hydrogen) atoms. The van der Waals surface area contributed by atoms with Gasteiger partial charge in [0.1, 0.15) is 17.5 Å². The van der Waals surface area contributed by atoms with Crippen LogP contribution in [0.3, 0.4) is 0 Å². The molecule has 0 spiro atoms. The minimum absolute atomic E-state index is 0.152. The third-order valence-corrected chi connectivity index (χ3v) is 7.89. The predicted molar refractivity (Wildman–Crippen MR) is 179 cm³/mol. The van der Waals surface area contributed by atoms with E-state index in [-0.39, 0.29) is 6.42 Å². The summed E-state index contributed by atoms with van der Waals surface area (Å²) >= 11 is 0. The van der Waals surface area contributed by atoms with Gasteiger partial charge in [-0.3, -0.25) is 9.52 Å². The molecule has 1 atom stereocenters. The smallest absolute Gasteiger partial charge is 0.328 e. The second-order valence-corrected chi connectivity index (χ2v) is 12.8. The van der Waals surface area contributed by atoms with Gasteiger partial charge >= 0.3 is 5.97 Å². The molecule has 0 aliphatic rings. The number of aliphatic carboxylic acids is 1. The number of carboxylic acids is 1. The number of nitrogens with zero attached hydrogens (tertiary/aromatic N) is 1. The van der Waals surface area contributed by atoms with Crippen molar-refractivity contribution in [3.8, 4) is 11.5 Å². The molecule has 0 aliphatic carbocycles. The molecule has 4 aromatic carbocycles. The molecule has 0 saturated heterocycles. The number of benzene rings is 4. The molecule has 11 heteroatoms. The molecule has 1 amide bonds. The quantitative estimate of drug-likeness (QED) is 0.129. The molecule has 4 aromatic rings. The maximum absolute atomic E-state index is 11.9. The fraction of sp³-hybridized carbons (Fsp3) is 0.257. The number of aliphatic hydroxyl groups is 1. The summed E-state index contributed by atoms with van der Waals surface area (Å²) in [5.41, 5.74) is 5.50. The number of amides is 1. The van der Waals surface area contributed by atoms with Gasteiger partial charge in [-0.2, -0.15) is 0 Å². The van der Waals surface area contributed by atoms with Gasteiger partial charge in [0.2, 0.25) is 15.9 Å². The molecular formula is C35H39N3O7S. The number of anilines is 2. The van der Waals surface area contributed by atoms with Crippen molar-refractivity contribution in [1.82, 2.24) is 5.32 Å². The van der Waals surface area contributed by atoms with Crippen molar-refractivity contribution in [2.24, 2.45) is 0 Å². The van der Waals surface area contributed by atoms with E-state index in [1.807, 2.05) is 85.8 Å². The Morgan fingerprint density at radius 2 is 1.41 bits per heavy atom. The highest BCUT2D eigenvalue weighted by Gasteiger charge is 2.18. The largest absolute Gasteiger partial charge is 0.480 e. The lowest BCUT2D eigenvalue weighted by molar-refractivity contribution is -0.142. The number of ether oxygens (including phenoxy) is 1. The molecule has 0 saturated carbocycles. The van der Waals surface area contributed by atoms with Gasteiger partial charge in [0.15, 0.2) is 0 Å². The first-order valence-electron chi connectivity index (χ1n) is 14.9. The van der Waals surface area contributed by atoms with Crippen LogP contribution in [0.2, 0.25) is 0 Å². The molecule has 4 rings (SSSR count). The van der Waals surface area contributed by atoms with Crippen LogP contribution in [0.15, 0.2) is 97.1 Å². The first-order chi connectivity index (χ1) is 22.0. The summed E-state index contributed by atoms with van der Waals surface area (Å²) in [6.45, 7) is 2.47. The maximum atomic E-state index is 11.9. The standard InChI is InChI=1S/C35H39N3O7S/c1-25-31(37-46(2,43)44)11-7-12-33(25)38(22-27-8-4-3-5-9-27)23-28-16-20-30(21-17-28)45-29-18-14-26(15-19-29)10-6-13-34(40)36-32(24-39)35(41)42/h3-5,7-9,11-12,14-21,32,37,39H,6,10,13,22-24H2,1-2H3,(H,36,40)(H,41,42)/t32-/m0/s1. The van der Waals surface area contributed by atoms with Crippen molar-refractivity contribution in [2.75, 3.05) is 22.5 Å². The number of carbonyl (C=O) groups excluding carboxylic acids is 1. The maximum Gasteiger partial charge on any atom is 0.328 e. The lowest BCUT2D eigenvalue weighted by Crippen LogP contribution is -2.43. The van der Waals surface area contributed by atoms with Crippen molar-refractivity contribution in [1.29, 1.82) is 0 Å². The van der Waals surface area contributed by atoms with E-state index < -0.39 is 34.5 Å². The van der Waals surface area contributed by atoms with Crippen LogP contribution in [0.5, 0.6) is 11.5 Å². The normalized spacial score (nSPS) is 11.8. The van der Waals surface area contributed by atoms with E-state index in [1.54, 1.807) is 6.07 Å². The predicted octanol–water partition coefficient (Wildman–Crippen LogP) is 5.25. The monoisotopic (exact) mass is 645 g/mol. The fourth-order valence-corrected chi connectivity index (χ4v) is 5.58. The Hall–Kier alpha value is -4.87. The number of hydrogen-bond donors (Lipinski definition) is 4. The van der Waals surface area contributed by atoms with Gasteiger partial charge < -0.3 is 25.2 Å². The first-order valence-corrected chi connectivity index (χ1v) is 16.7. The first kappa shape index (κ1) is 34.0. The van der Waals surface area contributed by atoms with Gasteiger partial charge in [0, 0.05) is 25.2 Å². The Morgan fingerprint density at radius 3 is 1.98 bits per heavy atom. The average Bonchev–Trinajstić information content (AvgIpc) is 3.02. The number of rotatable bonds is 16. The Balaban J connectivity index is 1.38. The highest BCUT2D eigenvalue weighted by atomic mass is 32.2. The number of nitrogens with one attached hydrogen (secondary N) is 2. The molecule has 0 aromatic heterocycles. The van der Waals surface area contributed by atoms with E-state index >= 15 is 0 Å². The summed E-state index contributed by atoms with van der Waals surface area (Å²) < 4.78 is 32.6. The topological polar surface area (TPSA) is 145 Å². The zero-order chi connectivity index (χ0) is 33.1. The summed E-state index contributed by atoms with van der Waals surface area (Å²) in [7, 11) is -3.43. The van der Waals surface area contributed by atoms with Gasteiger partial charge in [0.25, 0.3) is 0 Å². The minimum atomic E-state index is -3.43. The summed E-state index contributed by atoms with van der Waals surface area (Å²) in [6.07, 6.45) is 2.46. The SMILES string of the molecule is Cc1c(NS(C)(=O)=O)cccc1N(Cc1ccccc1)Cc1ccc(Oc2ccc(CCCC(=O)N[C@@H](CO)C(=O)O)cc2)cc1. The molecule has 10 nitrogen and oxygen atoms in total. The minimum Gasteiger partial charge on any atom is -0.480 e. The van der Waals surface area contributed by atoms with Crippen LogP contribution in [0.1, 0.15) is 35.1 Å². The van der Waals surface area contributed by atoms with Crippen LogP contribution < -0.4 is 19.7 Å². The molecular weight excluding hydrogens is 606 g/mol. The molecule has 0 aliphatic heterocycles. The summed E-state index contributed by atoms with van der Waals surface area (Å²) in [6, 6.07) is 29.8. The Bertz CT molecular complexity index is 1710. The zero-order valence-electron chi connectivity index (χ0n) is 25.8. The molecule has 0 heterocycles. The molecule has 242 valence electrons. The second-order valence-electron chi connectivity index (χ2n) is 11.1. The van der Waals surface area contributed by atoms with E-state index in [4.69, 9.17) is 14.9 Å². The summed E-state index contributed by atoms with van der Waals surface area (Å²) in [4.78, 5) is 25.1. The fourth-order valence-electron chi connectivity index (χ4n) is 4.95. The number of aliphatic hydroxyl groups excluding tert-OH is 1. The zero-order valence-corrected chi connectivity index (χ0v) is 26.7.